The molecule has 3 rings (SSSR count). The minimum absolute atomic E-state index is 0.289. The topological polar surface area (TPSA) is 25.2 Å². The first-order chi connectivity index (χ1) is 9.65. The molecule has 2 aromatic carbocycles. The van der Waals surface area contributed by atoms with E-state index in [1.807, 2.05) is 24.3 Å². The van der Waals surface area contributed by atoms with E-state index in [1.54, 1.807) is 12.1 Å². The molecule has 0 saturated carbocycles. The summed E-state index contributed by atoms with van der Waals surface area (Å²) in [7, 11) is 0. The van der Waals surface area contributed by atoms with Crippen LogP contribution in [0.2, 0.25) is 5.22 Å². The number of fused-ring (bicyclic) bond motifs is 1. The molecule has 0 aliphatic rings. The van der Waals surface area contributed by atoms with E-state index < -0.39 is 0 Å². The van der Waals surface area contributed by atoms with Gasteiger partial charge in [-0.1, -0.05) is 18.2 Å². The number of halogens is 3. The molecule has 20 heavy (non-hydrogen) atoms. The zero-order valence-corrected chi connectivity index (χ0v) is 12.6. The lowest BCUT2D eigenvalue weighted by molar-refractivity contribution is 0.613. The van der Waals surface area contributed by atoms with E-state index in [0.29, 0.717) is 16.2 Å². The lowest BCUT2D eigenvalue weighted by Crippen LogP contribution is -1.99. The van der Waals surface area contributed by atoms with Crippen molar-refractivity contribution in [1.82, 2.24) is 0 Å². The van der Waals surface area contributed by atoms with Crippen molar-refractivity contribution in [3.8, 4) is 0 Å². The Morgan fingerprint density at radius 3 is 2.80 bits per heavy atom. The second-order valence-electron chi connectivity index (χ2n) is 4.33. The maximum Gasteiger partial charge on any atom is 0.199 e. The van der Waals surface area contributed by atoms with E-state index in [4.69, 9.17) is 16.0 Å². The lowest BCUT2D eigenvalue weighted by atomic mass is 10.2. The molecule has 0 aliphatic carbocycles. The van der Waals surface area contributed by atoms with E-state index >= 15 is 0 Å². The summed E-state index contributed by atoms with van der Waals surface area (Å²) in [6.07, 6.45) is 0. The number of anilines is 1. The van der Waals surface area contributed by atoms with Crippen molar-refractivity contribution in [2.24, 2.45) is 0 Å². The molecule has 0 bridgehead atoms. The lowest BCUT2D eigenvalue weighted by Gasteiger charge is -2.06. The first-order valence-corrected chi connectivity index (χ1v) is 7.17. The number of hydrogen-bond acceptors (Lipinski definition) is 2. The van der Waals surface area contributed by atoms with Crippen LogP contribution in [0, 0.1) is 5.82 Å². The number of para-hydroxylation sites is 1. The summed E-state index contributed by atoms with van der Waals surface area (Å²) >= 11 is 9.27. The van der Waals surface area contributed by atoms with Crippen LogP contribution in [-0.2, 0) is 6.54 Å². The number of benzene rings is 2. The van der Waals surface area contributed by atoms with Crippen molar-refractivity contribution in [1.29, 1.82) is 0 Å². The van der Waals surface area contributed by atoms with E-state index in [-0.39, 0.29) is 5.82 Å². The zero-order valence-electron chi connectivity index (χ0n) is 10.3. The fraction of sp³-hybridized carbons (Fsp3) is 0.0667. The van der Waals surface area contributed by atoms with E-state index in [2.05, 4.69) is 21.2 Å². The molecule has 5 heteroatoms. The standard InChI is InChI=1S/C15H10BrClFNO/c16-12-7-9(5-6-13(12)18)19-8-11-10-3-1-2-4-14(10)20-15(11)17/h1-7,19H,8H2. The van der Waals surface area contributed by atoms with Crippen molar-refractivity contribution in [3.63, 3.8) is 0 Å². The third-order valence-corrected chi connectivity index (χ3v) is 3.95. The third-order valence-electron chi connectivity index (χ3n) is 3.04. The Bertz CT molecular complexity index is 772. The highest BCUT2D eigenvalue weighted by Gasteiger charge is 2.11. The monoisotopic (exact) mass is 353 g/mol. The van der Waals surface area contributed by atoms with Gasteiger partial charge in [0.2, 0.25) is 0 Å². The minimum atomic E-state index is -0.289. The Morgan fingerprint density at radius 1 is 1.20 bits per heavy atom. The van der Waals surface area contributed by atoms with Gasteiger partial charge in [0.05, 0.1) is 4.47 Å². The van der Waals surface area contributed by atoms with Crippen LogP contribution in [-0.4, -0.2) is 0 Å². The van der Waals surface area contributed by atoms with Gasteiger partial charge in [-0.15, -0.1) is 0 Å². The van der Waals surface area contributed by atoms with Gasteiger partial charge in [-0.2, -0.15) is 0 Å². The number of rotatable bonds is 3. The summed E-state index contributed by atoms with van der Waals surface area (Å²) in [5, 5.41) is 4.56. The Kier molecular flexibility index (Phi) is 3.68. The molecule has 2 nitrogen and oxygen atoms in total. The fourth-order valence-corrected chi connectivity index (χ4v) is 2.66. The highest BCUT2D eigenvalue weighted by molar-refractivity contribution is 9.10. The van der Waals surface area contributed by atoms with Crippen molar-refractivity contribution < 1.29 is 8.81 Å². The molecule has 0 spiro atoms. The predicted molar refractivity (Wildman–Crippen MR) is 82.7 cm³/mol. The van der Waals surface area contributed by atoms with Crippen molar-refractivity contribution in [3.05, 3.63) is 63.5 Å². The normalized spacial score (nSPS) is 10.9. The van der Waals surface area contributed by atoms with E-state index in [0.717, 1.165) is 22.2 Å². The molecule has 1 heterocycles. The van der Waals surface area contributed by atoms with Crippen LogP contribution in [0.4, 0.5) is 10.1 Å². The molecule has 0 fully saturated rings. The summed E-state index contributed by atoms with van der Waals surface area (Å²) in [5.74, 6) is -0.289. The van der Waals surface area contributed by atoms with Crippen molar-refractivity contribution in [2.75, 3.05) is 5.32 Å². The average molecular weight is 355 g/mol. The summed E-state index contributed by atoms with van der Waals surface area (Å²) in [6, 6.07) is 12.4. The summed E-state index contributed by atoms with van der Waals surface area (Å²) in [5.41, 5.74) is 2.46. The van der Waals surface area contributed by atoms with Crippen LogP contribution in [0.25, 0.3) is 11.0 Å². The van der Waals surface area contributed by atoms with E-state index in [1.165, 1.54) is 6.07 Å². The Hall–Kier alpha value is -1.52. The van der Waals surface area contributed by atoms with Crippen LogP contribution < -0.4 is 5.32 Å². The van der Waals surface area contributed by atoms with Crippen LogP contribution in [0.1, 0.15) is 5.56 Å². The van der Waals surface area contributed by atoms with Crippen molar-refractivity contribution >= 4 is 44.2 Å². The minimum Gasteiger partial charge on any atom is -0.444 e. The maximum absolute atomic E-state index is 13.2. The van der Waals surface area contributed by atoms with Gasteiger partial charge in [-0.3, -0.25) is 0 Å². The summed E-state index contributed by atoms with van der Waals surface area (Å²) < 4.78 is 19.1. The fourth-order valence-electron chi connectivity index (χ4n) is 2.03. The molecule has 0 amide bonds. The largest absolute Gasteiger partial charge is 0.444 e. The molecule has 0 saturated heterocycles. The molecule has 0 radical (unpaired) electrons. The highest BCUT2D eigenvalue weighted by atomic mass is 79.9. The Balaban J connectivity index is 1.86. The van der Waals surface area contributed by atoms with Crippen LogP contribution in [0.5, 0.6) is 0 Å². The van der Waals surface area contributed by atoms with Gasteiger partial charge in [-0.05, 0) is 51.8 Å². The molecule has 3 aromatic rings. The van der Waals surface area contributed by atoms with Gasteiger partial charge in [0.1, 0.15) is 11.4 Å². The smallest absolute Gasteiger partial charge is 0.199 e. The molecule has 1 aromatic heterocycles. The molecule has 0 aliphatic heterocycles. The molecule has 0 atom stereocenters. The number of hydrogen-bond donors (Lipinski definition) is 1. The average Bonchev–Trinajstić information content (AvgIpc) is 2.76. The van der Waals surface area contributed by atoms with Gasteiger partial charge in [0.25, 0.3) is 0 Å². The first kappa shape index (κ1) is 13.5. The Labute approximate surface area is 128 Å². The van der Waals surface area contributed by atoms with Crippen molar-refractivity contribution in [2.45, 2.75) is 6.54 Å². The van der Waals surface area contributed by atoms with Gasteiger partial charge < -0.3 is 9.73 Å². The summed E-state index contributed by atoms with van der Waals surface area (Å²) in [6.45, 7) is 0.508. The van der Waals surface area contributed by atoms with Gasteiger partial charge >= 0.3 is 0 Å². The first-order valence-electron chi connectivity index (χ1n) is 6.00. The molecular formula is C15H10BrClFNO. The Morgan fingerprint density at radius 2 is 2.00 bits per heavy atom. The zero-order chi connectivity index (χ0) is 14.1. The maximum atomic E-state index is 13.2. The van der Waals surface area contributed by atoms with Gasteiger partial charge in [0, 0.05) is 23.2 Å². The summed E-state index contributed by atoms with van der Waals surface area (Å²) in [4.78, 5) is 0. The highest BCUT2D eigenvalue weighted by Crippen LogP contribution is 2.30. The molecular weight excluding hydrogens is 345 g/mol. The van der Waals surface area contributed by atoms with Gasteiger partial charge in [0.15, 0.2) is 5.22 Å². The molecule has 1 N–H and O–H groups in total. The number of furan rings is 1. The number of nitrogens with one attached hydrogen (secondary N) is 1. The van der Waals surface area contributed by atoms with E-state index in [9.17, 15) is 4.39 Å². The quantitative estimate of drug-likeness (QED) is 0.662. The van der Waals surface area contributed by atoms with Crippen LogP contribution >= 0.6 is 27.5 Å². The van der Waals surface area contributed by atoms with Crippen LogP contribution in [0.15, 0.2) is 51.4 Å². The van der Waals surface area contributed by atoms with Gasteiger partial charge in [-0.25, -0.2) is 4.39 Å². The molecule has 0 unspecified atom stereocenters. The molecule has 102 valence electrons. The third kappa shape index (κ3) is 2.53. The SMILES string of the molecule is Fc1ccc(NCc2c(Cl)oc3ccccc23)cc1Br. The van der Waals surface area contributed by atoms with Crippen LogP contribution in [0.3, 0.4) is 0 Å². The second-order valence-corrected chi connectivity index (χ2v) is 5.53. The predicted octanol–water partition coefficient (Wildman–Crippen LogP) is 5.60. The second kappa shape index (κ2) is 5.46.